The smallest absolute Gasteiger partial charge is 0.324 e. The molecule has 0 heterocycles. The molecular weight excluding hydrogens is 301 g/mol. The summed E-state index contributed by atoms with van der Waals surface area (Å²) >= 11 is 0. The van der Waals surface area contributed by atoms with Crippen molar-refractivity contribution in [2.45, 2.75) is 18.5 Å². The SMILES string of the molecule is O=P(O)(O)Cc1cc(C(F)(F)F)cc(C(F)(F)F)c1. The number of alkyl halides is 6. The van der Waals surface area contributed by atoms with Crippen molar-refractivity contribution in [3.8, 4) is 0 Å². The lowest BCUT2D eigenvalue weighted by Gasteiger charge is -2.14. The topological polar surface area (TPSA) is 57.5 Å². The molecule has 1 rings (SSSR count). The number of hydrogen-bond donors (Lipinski definition) is 2. The van der Waals surface area contributed by atoms with Gasteiger partial charge in [0.05, 0.1) is 17.3 Å². The van der Waals surface area contributed by atoms with Crippen molar-refractivity contribution in [2.75, 3.05) is 0 Å². The standard InChI is InChI=1S/C9H7F6O3P/c10-8(11,12)6-1-5(4-19(16,17)18)2-7(3-6)9(13,14)15/h1-3H,4H2,(H2,16,17,18). The van der Waals surface area contributed by atoms with E-state index in [1.54, 1.807) is 0 Å². The van der Waals surface area contributed by atoms with Crippen molar-refractivity contribution in [1.29, 1.82) is 0 Å². The van der Waals surface area contributed by atoms with Crippen molar-refractivity contribution in [3.63, 3.8) is 0 Å². The first-order chi connectivity index (χ1) is 8.29. The quantitative estimate of drug-likeness (QED) is 0.650. The minimum absolute atomic E-state index is 0.108. The lowest BCUT2D eigenvalue weighted by atomic mass is 10.1. The minimum Gasteiger partial charge on any atom is -0.324 e. The molecule has 3 nitrogen and oxygen atoms in total. The van der Waals surface area contributed by atoms with E-state index in [-0.39, 0.29) is 18.2 Å². The van der Waals surface area contributed by atoms with E-state index in [0.717, 1.165) is 0 Å². The van der Waals surface area contributed by atoms with Gasteiger partial charge in [0.25, 0.3) is 0 Å². The van der Waals surface area contributed by atoms with E-state index in [0.29, 0.717) is 0 Å². The summed E-state index contributed by atoms with van der Waals surface area (Å²) in [6, 6.07) is 0.464. The molecule has 0 saturated carbocycles. The molecule has 0 fully saturated rings. The lowest BCUT2D eigenvalue weighted by Crippen LogP contribution is -2.11. The molecule has 0 aliphatic rings. The first-order valence-electron chi connectivity index (χ1n) is 4.62. The third kappa shape index (κ3) is 4.85. The van der Waals surface area contributed by atoms with Crippen molar-refractivity contribution in [1.82, 2.24) is 0 Å². The maximum absolute atomic E-state index is 12.4. The highest BCUT2D eigenvalue weighted by Gasteiger charge is 2.37. The van der Waals surface area contributed by atoms with Crippen LogP contribution in [0.15, 0.2) is 18.2 Å². The van der Waals surface area contributed by atoms with Gasteiger partial charge in [-0.3, -0.25) is 4.57 Å². The Balaban J connectivity index is 3.37. The van der Waals surface area contributed by atoms with E-state index in [4.69, 9.17) is 9.79 Å². The van der Waals surface area contributed by atoms with E-state index in [9.17, 15) is 30.9 Å². The van der Waals surface area contributed by atoms with Gasteiger partial charge in [-0.1, -0.05) is 0 Å². The Bertz CT molecular complexity index is 483. The summed E-state index contributed by atoms with van der Waals surface area (Å²) < 4.78 is 85.1. The molecule has 0 radical (unpaired) electrons. The van der Waals surface area contributed by atoms with Gasteiger partial charge in [-0.2, -0.15) is 26.3 Å². The van der Waals surface area contributed by atoms with Crippen LogP contribution in [0, 0.1) is 0 Å². The van der Waals surface area contributed by atoms with Gasteiger partial charge in [-0.05, 0) is 23.8 Å². The molecule has 0 aromatic heterocycles. The Morgan fingerprint density at radius 3 is 1.53 bits per heavy atom. The molecule has 0 saturated heterocycles. The van der Waals surface area contributed by atoms with E-state index in [2.05, 4.69) is 0 Å². The lowest BCUT2D eigenvalue weighted by molar-refractivity contribution is -0.143. The molecule has 1 aromatic carbocycles. The molecule has 1 aromatic rings. The molecule has 19 heavy (non-hydrogen) atoms. The summed E-state index contributed by atoms with van der Waals surface area (Å²) in [5, 5.41) is 0. The summed E-state index contributed by atoms with van der Waals surface area (Å²) in [6.07, 6.45) is -11.3. The van der Waals surface area contributed by atoms with Crippen LogP contribution in [0.4, 0.5) is 26.3 Å². The summed E-state index contributed by atoms with van der Waals surface area (Å²) in [7, 11) is -4.77. The molecule has 108 valence electrons. The van der Waals surface area contributed by atoms with E-state index in [1.807, 2.05) is 0 Å². The van der Waals surface area contributed by atoms with Gasteiger partial charge in [0.1, 0.15) is 0 Å². The summed E-state index contributed by atoms with van der Waals surface area (Å²) in [4.78, 5) is 17.2. The van der Waals surface area contributed by atoms with Crippen LogP contribution < -0.4 is 0 Å². The average Bonchev–Trinajstić information content (AvgIpc) is 2.11. The fourth-order valence-corrected chi connectivity index (χ4v) is 2.01. The number of rotatable bonds is 2. The molecule has 0 unspecified atom stereocenters. The second-order valence-corrected chi connectivity index (χ2v) is 5.38. The number of hydrogen-bond acceptors (Lipinski definition) is 1. The molecule has 0 spiro atoms. The van der Waals surface area contributed by atoms with Crippen molar-refractivity contribution < 1.29 is 40.7 Å². The van der Waals surface area contributed by atoms with E-state index >= 15 is 0 Å². The Morgan fingerprint density at radius 2 is 1.26 bits per heavy atom. The number of benzene rings is 1. The van der Waals surface area contributed by atoms with E-state index in [1.165, 1.54) is 0 Å². The Morgan fingerprint density at radius 1 is 0.895 bits per heavy atom. The van der Waals surface area contributed by atoms with Crippen LogP contribution >= 0.6 is 7.60 Å². The van der Waals surface area contributed by atoms with Gasteiger partial charge in [0, 0.05) is 0 Å². The van der Waals surface area contributed by atoms with Gasteiger partial charge >= 0.3 is 19.9 Å². The molecule has 2 N–H and O–H groups in total. The molecule has 0 amide bonds. The van der Waals surface area contributed by atoms with Crippen LogP contribution in [0.1, 0.15) is 16.7 Å². The fraction of sp³-hybridized carbons (Fsp3) is 0.333. The van der Waals surface area contributed by atoms with Crippen LogP contribution in [-0.4, -0.2) is 9.79 Å². The largest absolute Gasteiger partial charge is 0.416 e. The minimum atomic E-state index is -5.04. The maximum atomic E-state index is 12.4. The third-order valence-electron chi connectivity index (χ3n) is 2.04. The maximum Gasteiger partial charge on any atom is 0.416 e. The monoisotopic (exact) mass is 308 g/mol. The highest BCUT2D eigenvalue weighted by Crippen LogP contribution is 2.42. The zero-order valence-electron chi connectivity index (χ0n) is 8.96. The second-order valence-electron chi connectivity index (χ2n) is 3.74. The van der Waals surface area contributed by atoms with Crippen LogP contribution in [0.25, 0.3) is 0 Å². The zero-order valence-corrected chi connectivity index (χ0v) is 9.85. The zero-order chi connectivity index (χ0) is 15.1. The van der Waals surface area contributed by atoms with E-state index < -0.39 is 42.8 Å². The van der Waals surface area contributed by atoms with Crippen LogP contribution in [0.2, 0.25) is 0 Å². The molecule has 0 aliphatic carbocycles. The average molecular weight is 308 g/mol. The van der Waals surface area contributed by atoms with Crippen molar-refractivity contribution in [3.05, 3.63) is 34.9 Å². The molecule has 0 aliphatic heterocycles. The first-order valence-corrected chi connectivity index (χ1v) is 6.42. The number of halogens is 6. The van der Waals surface area contributed by atoms with Gasteiger partial charge in [0.2, 0.25) is 0 Å². The highest BCUT2D eigenvalue weighted by molar-refractivity contribution is 7.50. The fourth-order valence-electron chi connectivity index (χ4n) is 1.35. The summed E-state index contributed by atoms with van der Waals surface area (Å²) in [5.74, 6) is 0. The van der Waals surface area contributed by atoms with Gasteiger partial charge < -0.3 is 9.79 Å². The summed E-state index contributed by atoms with van der Waals surface area (Å²) in [6.45, 7) is 0. The summed E-state index contributed by atoms with van der Waals surface area (Å²) in [5.41, 5.74) is -3.94. The van der Waals surface area contributed by atoms with Crippen molar-refractivity contribution >= 4 is 7.60 Å². The Kier molecular flexibility index (Phi) is 4.05. The highest BCUT2D eigenvalue weighted by atomic mass is 31.2. The molecule has 0 atom stereocenters. The van der Waals surface area contributed by atoms with Crippen LogP contribution in [0.3, 0.4) is 0 Å². The predicted molar refractivity (Wildman–Crippen MR) is 52.2 cm³/mol. The second kappa shape index (κ2) is 4.81. The molecule has 10 heteroatoms. The molecular formula is C9H7F6O3P. The van der Waals surface area contributed by atoms with Crippen molar-refractivity contribution in [2.24, 2.45) is 0 Å². The Hall–Kier alpha value is -1.05. The third-order valence-corrected chi connectivity index (χ3v) is 2.81. The van der Waals surface area contributed by atoms with Gasteiger partial charge in [-0.25, -0.2) is 0 Å². The predicted octanol–water partition coefficient (Wildman–Crippen LogP) is 3.40. The van der Waals surface area contributed by atoms with Crippen LogP contribution in [-0.2, 0) is 23.1 Å². The van der Waals surface area contributed by atoms with Gasteiger partial charge in [0.15, 0.2) is 0 Å². The normalized spacial score (nSPS) is 13.7. The Labute approximate surface area is 103 Å². The first kappa shape index (κ1) is 16.0. The van der Waals surface area contributed by atoms with Crippen LogP contribution in [0.5, 0.6) is 0 Å². The molecule has 0 bridgehead atoms. The van der Waals surface area contributed by atoms with Gasteiger partial charge in [-0.15, -0.1) is 0 Å².